The van der Waals surface area contributed by atoms with Crippen molar-refractivity contribution in [3.8, 4) is 0 Å². The molecule has 1 aromatic heterocycles. The van der Waals surface area contributed by atoms with Crippen LogP contribution in [0.15, 0.2) is 64.5 Å². The molecule has 3 aromatic rings. The van der Waals surface area contributed by atoms with Gasteiger partial charge in [0, 0.05) is 39.0 Å². The maximum Gasteiger partial charge on any atom is 0.270 e. The number of hydrogen-bond donors (Lipinski definition) is 1. The van der Waals surface area contributed by atoms with E-state index in [4.69, 9.17) is 0 Å². The molecule has 0 unspecified atom stereocenters. The Hall–Kier alpha value is -2.27. The van der Waals surface area contributed by atoms with Crippen LogP contribution in [0.25, 0.3) is 10.9 Å². The van der Waals surface area contributed by atoms with Crippen LogP contribution in [0.3, 0.4) is 0 Å². The summed E-state index contributed by atoms with van der Waals surface area (Å²) in [7, 11) is 0. The van der Waals surface area contributed by atoms with Crippen LogP contribution in [-0.2, 0) is 0 Å². The molecule has 1 heterocycles. The highest BCUT2D eigenvalue weighted by Crippen LogP contribution is 2.34. The van der Waals surface area contributed by atoms with Crippen LogP contribution in [0.2, 0.25) is 0 Å². The van der Waals surface area contributed by atoms with Crippen LogP contribution >= 0.6 is 11.8 Å². The molecule has 5 heteroatoms. The molecule has 0 aliphatic heterocycles. The van der Waals surface area contributed by atoms with Crippen molar-refractivity contribution in [3.05, 3.63) is 64.8 Å². The Morgan fingerprint density at radius 1 is 1.11 bits per heavy atom. The Kier molecular flexibility index (Phi) is 2.97. The summed E-state index contributed by atoms with van der Waals surface area (Å²) in [6.45, 7) is 0. The van der Waals surface area contributed by atoms with E-state index in [0.717, 1.165) is 20.7 Å². The zero-order chi connectivity index (χ0) is 13.2. The van der Waals surface area contributed by atoms with Crippen molar-refractivity contribution in [3.63, 3.8) is 0 Å². The van der Waals surface area contributed by atoms with Gasteiger partial charge in [0.25, 0.3) is 5.69 Å². The van der Waals surface area contributed by atoms with Gasteiger partial charge in [0.2, 0.25) is 0 Å². The predicted octanol–water partition coefficient (Wildman–Crippen LogP) is 4.23. The van der Waals surface area contributed by atoms with E-state index >= 15 is 0 Å². The van der Waals surface area contributed by atoms with Gasteiger partial charge in [-0.25, -0.2) is 0 Å². The first kappa shape index (κ1) is 11.8. The Balaban J connectivity index is 1.97. The Morgan fingerprint density at radius 3 is 2.79 bits per heavy atom. The van der Waals surface area contributed by atoms with Gasteiger partial charge in [-0.2, -0.15) is 0 Å². The van der Waals surface area contributed by atoms with Crippen molar-refractivity contribution >= 4 is 28.4 Å². The second-order valence-electron chi connectivity index (χ2n) is 4.06. The summed E-state index contributed by atoms with van der Waals surface area (Å²) in [4.78, 5) is 15.5. The molecule has 0 radical (unpaired) electrons. The number of nitro groups is 1. The number of hydrogen-bond acceptors (Lipinski definition) is 3. The number of nitro benzene ring substituents is 1. The number of nitrogens with one attached hydrogen (secondary N) is 1. The first-order valence-electron chi connectivity index (χ1n) is 5.72. The van der Waals surface area contributed by atoms with Gasteiger partial charge in [-0.05, 0) is 12.1 Å². The lowest BCUT2D eigenvalue weighted by Gasteiger charge is -2.00. The molecule has 0 aliphatic rings. The molecule has 0 fully saturated rings. The summed E-state index contributed by atoms with van der Waals surface area (Å²) in [6, 6.07) is 14.7. The number of aromatic amines is 1. The van der Waals surface area contributed by atoms with Crippen molar-refractivity contribution in [1.29, 1.82) is 0 Å². The summed E-state index contributed by atoms with van der Waals surface area (Å²) in [6.07, 6.45) is 1.92. The van der Waals surface area contributed by atoms with E-state index in [9.17, 15) is 10.1 Å². The monoisotopic (exact) mass is 270 g/mol. The van der Waals surface area contributed by atoms with Crippen molar-refractivity contribution < 1.29 is 4.92 Å². The van der Waals surface area contributed by atoms with Gasteiger partial charge in [0.05, 0.1) is 4.92 Å². The fourth-order valence-corrected chi connectivity index (χ4v) is 2.90. The van der Waals surface area contributed by atoms with Crippen LogP contribution in [-0.4, -0.2) is 9.91 Å². The van der Waals surface area contributed by atoms with Crippen LogP contribution in [0.4, 0.5) is 5.69 Å². The Morgan fingerprint density at radius 2 is 1.95 bits per heavy atom. The van der Waals surface area contributed by atoms with Crippen LogP contribution in [0.1, 0.15) is 0 Å². The maximum absolute atomic E-state index is 10.8. The number of rotatable bonds is 3. The molecular formula is C14H10N2O2S. The van der Waals surface area contributed by atoms with E-state index in [2.05, 4.69) is 4.98 Å². The highest BCUT2D eigenvalue weighted by molar-refractivity contribution is 7.99. The molecule has 19 heavy (non-hydrogen) atoms. The lowest BCUT2D eigenvalue weighted by molar-refractivity contribution is -0.385. The largest absolute Gasteiger partial charge is 0.360 e. The molecule has 2 aromatic carbocycles. The van der Waals surface area contributed by atoms with Gasteiger partial charge in [-0.3, -0.25) is 10.1 Å². The highest BCUT2D eigenvalue weighted by atomic mass is 32.2. The third-order valence-electron chi connectivity index (χ3n) is 2.81. The minimum absolute atomic E-state index is 0.116. The normalized spacial score (nSPS) is 10.7. The fourth-order valence-electron chi connectivity index (χ4n) is 1.92. The van der Waals surface area contributed by atoms with Gasteiger partial charge in [0.1, 0.15) is 0 Å². The van der Waals surface area contributed by atoms with E-state index < -0.39 is 0 Å². The van der Waals surface area contributed by atoms with Crippen LogP contribution < -0.4 is 0 Å². The number of benzene rings is 2. The molecule has 0 bridgehead atoms. The second-order valence-corrected chi connectivity index (χ2v) is 5.17. The zero-order valence-corrected chi connectivity index (χ0v) is 10.7. The summed E-state index contributed by atoms with van der Waals surface area (Å²) < 4.78 is 0. The van der Waals surface area contributed by atoms with E-state index in [-0.39, 0.29) is 10.6 Å². The van der Waals surface area contributed by atoms with Crippen molar-refractivity contribution in [1.82, 2.24) is 4.98 Å². The molecule has 1 N–H and O–H groups in total. The third kappa shape index (κ3) is 2.32. The third-order valence-corrected chi connectivity index (χ3v) is 3.85. The minimum Gasteiger partial charge on any atom is -0.360 e. The quantitative estimate of drug-likeness (QED) is 0.572. The van der Waals surface area contributed by atoms with Gasteiger partial charge < -0.3 is 4.98 Å². The van der Waals surface area contributed by atoms with Gasteiger partial charge in [-0.15, -0.1) is 0 Å². The molecule has 3 rings (SSSR count). The summed E-state index contributed by atoms with van der Waals surface area (Å²) in [5, 5.41) is 11.9. The van der Waals surface area contributed by atoms with E-state index in [0.29, 0.717) is 0 Å². The predicted molar refractivity (Wildman–Crippen MR) is 75.5 cm³/mol. The van der Waals surface area contributed by atoms with E-state index in [1.807, 2.05) is 36.5 Å². The molecule has 94 valence electrons. The molecule has 0 aliphatic carbocycles. The van der Waals surface area contributed by atoms with Crippen LogP contribution in [0, 0.1) is 10.1 Å². The van der Waals surface area contributed by atoms with Crippen molar-refractivity contribution in [2.45, 2.75) is 9.79 Å². The van der Waals surface area contributed by atoms with Gasteiger partial charge >= 0.3 is 0 Å². The van der Waals surface area contributed by atoms with Crippen molar-refractivity contribution in [2.75, 3.05) is 0 Å². The fraction of sp³-hybridized carbons (Fsp3) is 0. The van der Waals surface area contributed by atoms with E-state index in [1.165, 1.54) is 17.8 Å². The zero-order valence-electron chi connectivity index (χ0n) is 9.87. The topological polar surface area (TPSA) is 58.9 Å². The van der Waals surface area contributed by atoms with Gasteiger partial charge in [-0.1, -0.05) is 36.0 Å². The number of H-pyrrole nitrogens is 1. The lowest BCUT2D eigenvalue weighted by Crippen LogP contribution is -1.86. The molecule has 0 spiro atoms. The molecule has 0 saturated heterocycles. The van der Waals surface area contributed by atoms with E-state index in [1.54, 1.807) is 12.1 Å². The lowest BCUT2D eigenvalue weighted by atomic mass is 10.2. The first-order chi connectivity index (χ1) is 9.24. The standard InChI is InChI=1S/C14H10N2O2S/c17-16(18)10-4-3-5-11(8-10)19-14-9-15-13-7-2-1-6-12(13)14/h1-9,15H. The SMILES string of the molecule is O=[N+]([O-])c1cccc(Sc2c[nH]c3ccccc23)c1. The molecule has 4 nitrogen and oxygen atoms in total. The second kappa shape index (κ2) is 4.78. The average molecular weight is 270 g/mol. The number of non-ortho nitro benzene ring substituents is 1. The summed E-state index contributed by atoms with van der Waals surface area (Å²) in [5.41, 5.74) is 1.18. The number of aromatic nitrogens is 1. The maximum atomic E-state index is 10.8. The Bertz CT molecular complexity index is 752. The average Bonchev–Trinajstić information content (AvgIpc) is 2.83. The smallest absolute Gasteiger partial charge is 0.270 e. The first-order valence-corrected chi connectivity index (χ1v) is 6.54. The minimum atomic E-state index is -0.376. The van der Waals surface area contributed by atoms with Crippen LogP contribution in [0.5, 0.6) is 0 Å². The molecule has 0 atom stereocenters. The number of para-hydroxylation sites is 1. The van der Waals surface area contributed by atoms with Crippen molar-refractivity contribution in [2.24, 2.45) is 0 Å². The summed E-state index contributed by atoms with van der Waals surface area (Å²) in [5.74, 6) is 0. The highest BCUT2D eigenvalue weighted by Gasteiger charge is 2.09. The Labute approximate surface area is 113 Å². The molecule has 0 saturated carbocycles. The van der Waals surface area contributed by atoms with Gasteiger partial charge in [0.15, 0.2) is 0 Å². The molecule has 0 amide bonds. The number of nitrogens with zero attached hydrogens (tertiary/aromatic N) is 1. The number of fused-ring (bicyclic) bond motifs is 1. The molecular weight excluding hydrogens is 260 g/mol. The summed E-state index contributed by atoms with van der Waals surface area (Å²) >= 11 is 1.52.